The number of halogens is 1. The molecule has 1 aliphatic rings. The van der Waals surface area contributed by atoms with Crippen LogP contribution in [0.5, 0.6) is 0 Å². The summed E-state index contributed by atoms with van der Waals surface area (Å²) >= 11 is 1.97. The van der Waals surface area contributed by atoms with Crippen LogP contribution in [-0.4, -0.2) is 50.3 Å². The largest absolute Gasteiger partial charge is 0.357 e. The molecule has 2 rings (SSSR count). The predicted molar refractivity (Wildman–Crippen MR) is 127 cm³/mol. The highest BCUT2D eigenvalue weighted by Crippen LogP contribution is 2.37. The van der Waals surface area contributed by atoms with Crippen molar-refractivity contribution in [2.45, 2.75) is 38.0 Å². The summed E-state index contributed by atoms with van der Waals surface area (Å²) < 4.78 is 27.1. The van der Waals surface area contributed by atoms with Crippen molar-refractivity contribution >= 4 is 51.7 Å². The minimum absolute atomic E-state index is 0. The van der Waals surface area contributed by atoms with Crippen molar-refractivity contribution in [1.29, 1.82) is 0 Å². The normalized spacial score (nSPS) is 20.1. The molecule has 1 heterocycles. The molecule has 3 N–H and O–H groups in total. The first-order chi connectivity index (χ1) is 12.4. The SMILES string of the molecule is CCNC(=NCC1(C)CCCS1)NCCS(=O)(=O)NCc1ccccc1.I. The lowest BCUT2D eigenvalue weighted by atomic mass is 10.1. The molecule has 9 heteroatoms. The van der Waals surface area contributed by atoms with Crippen LogP contribution in [0.4, 0.5) is 0 Å². The number of rotatable bonds is 9. The van der Waals surface area contributed by atoms with Gasteiger partial charge in [0.1, 0.15) is 0 Å². The average molecular weight is 527 g/mol. The fourth-order valence-corrected chi connectivity index (χ4v) is 4.84. The number of nitrogens with zero attached hydrogens (tertiary/aromatic N) is 1. The number of hydrogen-bond donors (Lipinski definition) is 3. The quantitative estimate of drug-likeness (QED) is 0.262. The van der Waals surface area contributed by atoms with Crippen LogP contribution in [-0.2, 0) is 16.6 Å². The molecule has 6 nitrogen and oxygen atoms in total. The zero-order valence-electron chi connectivity index (χ0n) is 16.0. The van der Waals surface area contributed by atoms with Crippen LogP contribution in [0, 0.1) is 0 Å². The van der Waals surface area contributed by atoms with Gasteiger partial charge in [-0.2, -0.15) is 11.8 Å². The lowest BCUT2D eigenvalue weighted by Crippen LogP contribution is -2.41. The summed E-state index contributed by atoms with van der Waals surface area (Å²) in [6.45, 7) is 6.37. The summed E-state index contributed by atoms with van der Waals surface area (Å²) in [4.78, 5) is 4.64. The Bertz CT molecular complexity index is 678. The predicted octanol–water partition coefficient (Wildman–Crippen LogP) is 2.56. The van der Waals surface area contributed by atoms with Crippen LogP contribution in [0.15, 0.2) is 35.3 Å². The molecule has 27 heavy (non-hydrogen) atoms. The second-order valence-electron chi connectivity index (χ2n) is 6.65. The van der Waals surface area contributed by atoms with E-state index in [9.17, 15) is 8.42 Å². The molecule has 1 fully saturated rings. The van der Waals surface area contributed by atoms with Gasteiger partial charge in [-0.15, -0.1) is 24.0 Å². The molecule has 0 aromatic heterocycles. The lowest BCUT2D eigenvalue weighted by Gasteiger charge is -2.21. The highest BCUT2D eigenvalue weighted by Gasteiger charge is 2.29. The van der Waals surface area contributed by atoms with Crippen LogP contribution in [0.2, 0.25) is 0 Å². The smallest absolute Gasteiger partial charge is 0.213 e. The summed E-state index contributed by atoms with van der Waals surface area (Å²) in [5, 5.41) is 6.31. The Labute approximate surface area is 184 Å². The molecule has 0 spiro atoms. The van der Waals surface area contributed by atoms with Gasteiger partial charge in [0.2, 0.25) is 10.0 Å². The highest BCUT2D eigenvalue weighted by molar-refractivity contribution is 14.0. The molecule has 0 bridgehead atoms. The number of aliphatic imine (C=N–C) groups is 1. The maximum atomic E-state index is 12.1. The van der Waals surface area contributed by atoms with E-state index in [0.717, 1.165) is 18.7 Å². The molecule has 1 aliphatic heterocycles. The summed E-state index contributed by atoms with van der Waals surface area (Å²) in [5.41, 5.74) is 0.946. The van der Waals surface area contributed by atoms with Gasteiger partial charge in [-0.1, -0.05) is 30.3 Å². The van der Waals surface area contributed by atoms with Gasteiger partial charge in [0, 0.05) is 24.4 Å². The first-order valence-corrected chi connectivity index (χ1v) is 11.7. The molecule has 1 unspecified atom stereocenters. The maximum Gasteiger partial charge on any atom is 0.213 e. The topological polar surface area (TPSA) is 82.6 Å². The third-order valence-corrected chi connectivity index (χ3v) is 7.07. The van der Waals surface area contributed by atoms with Crippen LogP contribution in [0.3, 0.4) is 0 Å². The molecule has 0 amide bonds. The summed E-state index contributed by atoms with van der Waals surface area (Å²) in [6.07, 6.45) is 2.42. The number of thioether (sulfide) groups is 1. The van der Waals surface area contributed by atoms with Crippen molar-refractivity contribution in [3.05, 3.63) is 35.9 Å². The van der Waals surface area contributed by atoms with Gasteiger partial charge in [0.25, 0.3) is 0 Å². The van der Waals surface area contributed by atoms with Crippen molar-refractivity contribution in [1.82, 2.24) is 15.4 Å². The van der Waals surface area contributed by atoms with E-state index in [-0.39, 0.29) is 34.5 Å². The van der Waals surface area contributed by atoms with E-state index < -0.39 is 10.0 Å². The second-order valence-corrected chi connectivity index (χ2v) is 10.3. The first-order valence-electron chi connectivity index (χ1n) is 9.10. The monoisotopic (exact) mass is 526 g/mol. The molecular weight excluding hydrogens is 495 g/mol. The van der Waals surface area contributed by atoms with E-state index in [4.69, 9.17) is 0 Å². The van der Waals surface area contributed by atoms with Crippen LogP contribution < -0.4 is 15.4 Å². The number of hydrogen-bond acceptors (Lipinski definition) is 4. The Morgan fingerprint density at radius 1 is 1.26 bits per heavy atom. The zero-order chi connectivity index (χ0) is 18.9. The number of nitrogens with one attached hydrogen (secondary N) is 3. The number of benzene rings is 1. The minimum Gasteiger partial charge on any atom is -0.357 e. The van der Waals surface area contributed by atoms with Crippen LogP contribution in [0.25, 0.3) is 0 Å². The average Bonchev–Trinajstić information content (AvgIpc) is 3.06. The Hall–Kier alpha value is -0.520. The Morgan fingerprint density at radius 2 is 2.00 bits per heavy atom. The molecule has 1 atom stereocenters. The molecule has 1 aromatic rings. The van der Waals surface area contributed by atoms with Gasteiger partial charge in [-0.3, -0.25) is 4.99 Å². The van der Waals surface area contributed by atoms with Gasteiger partial charge in [0.15, 0.2) is 5.96 Å². The molecule has 0 radical (unpaired) electrons. The fourth-order valence-electron chi connectivity index (χ4n) is 2.71. The van der Waals surface area contributed by atoms with Crippen LogP contribution >= 0.6 is 35.7 Å². The van der Waals surface area contributed by atoms with Crippen molar-refractivity contribution < 1.29 is 8.42 Å². The lowest BCUT2D eigenvalue weighted by molar-refractivity contribution is 0.579. The van der Waals surface area contributed by atoms with Crippen molar-refractivity contribution in [3.8, 4) is 0 Å². The molecule has 154 valence electrons. The standard InChI is InChI=1S/C18H30N4O2S2.HI/c1-3-19-17(21-15-18(2)10-7-12-25-18)20-11-13-26(23,24)22-14-16-8-5-4-6-9-16;/h4-6,8-9,22H,3,7,10-15H2,1-2H3,(H2,19,20,21);1H. The Kier molecular flexibility index (Phi) is 11.0. The maximum absolute atomic E-state index is 12.1. The number of sulfonamides is 1. The van der Waals surface area contributed by atoms with E-state index >= 15 is 0 Å². The summed E-state index contributed by atoms with van der Waals surface area (Å²) in [6, 6.07) is 9.51. The molecule has 1 aromatic carbocycles. The highest BCUT2D eigenvalue weighted by atomic mass is 127. The van der Waals surface area contributed by atoms with Gasteiger partial charge in [0.05, 0.1) is 12.3 Å². The minimum atomic E-state index is -3.33. The summed E-state index contributed by atoms with van der Waals surface area (Å²) in [5.74, 6) is 1.89. The van der Waals surface area contributed by atoms with Gasteiger partial charge in [-0.25, -0.2) is 13.1 Å². The molecule has 1 saturated heterocycles. The van der Waals surface area contributed by atoms with Crippen molar-refractivity contribution in [2.75, 3.05) is 31.1 Å². The molecule has 0 saturated carbocycles. The zero-order valence-corrected chi connectivity index (χ0v) is 20.0. The Balaban J connectivity index is 0.00000364. The van der Waals surface area contributed by atoms with Gasteiger partial charge >= 0.3 is 0 Å². The van der Waals surface area contributed by atoms with E-state index in [1.165, 1.54) is 18.6 Å². The van der Waals surface area contributed by atoms with E-state index in [2.05, 4.69) is 27.3 Å². The van der Waals surface area contributed by atoms with E-state index in [0.29, 0.717) is 19.0 Å². The second kappa shape index (κ2) is 12.1. The third-order valence-electron chi connectivity index (χ3n) is 4.22. The summed E-state index contributed by atoms with van der Waals surface area (Å²) in [7, 11) is -3.33. The van der Waals surface area contributed by atoms with E-state index in [1.54, 1.807) is 0 Å². The van der Waals surface area contributed by atoms with E-state index in [1.807, 2.05) is 49.0 Å². The van der Waals surface area contributed by atoms with Gasteiger partial charge < -0.3 is 10.6 Å². The fraction of sp³-hybridized carbons (Fsp3) is 0.611. The third kappa shape index (κ3) is 9.49. The molecule has 0 aliphatic carbocycles. The molecular formula is C18H31IN4O2S2. The Morgan fingerprint density at radius 3 is 2.63 bits per heavy atom. The van der Waals surface area contributed by atoms with Crippen molar-refractivity contribution in [2.24, 2.45) is 4.99 Å². The van der Waals surface area contributed by atoms with Crippen LogP contribution in [0.1, 0.15) is 32.3 Å². The first kappa shape index (κ1) is 24.5. The van der Waals surface area contributed by atoms with Gasteiger partial charge in [-0.05, 0) is 38.0 Å². The van der Waals surface area contributed by atoms with Crippen molar-refractivity contribution in [3.63, 3.8) is 0 Å². The number of guanidine groups is 1.